The molecule has 0 N–H and O–H groups in total. The Bertz CT molecular complexity index is 4500. The highest BCUT2D eigenvalue weighted by molar-refractivity contribution is 6.12. The summed E-state index contributed by atoms with van der Waals surface area (Å²) in [6.45, 7) is 0. The van der Waals surface area contributed by atoms with Crippen molar-refractivity contribution in [3.63, 3.8) is 0 Å². The minimum Gasteiger partial charge on any atom is -0.310 e. The normalized spacial score (nSPS) is 12.5. The molecule has 13 aromatic carbocycles. The zero-order valence-corrected chi connectivity index (χ0v) is 42.3. The number of hydrogen-bond donors (Lipinski definition) is 0. The highest BCUT2D eigenvalue weighted by atomic mass is 15.1. The van der Waals surface area contributed by atoms with Gasteiger partial charge in [-0.25, -0.2) is 0 Å². The molecule has 0 spiro atoms. The molecule has 77 heavy (non-hydrogen) atoms. The van der Waals surface area contributed by atoms with E-state index < -0.39 is 5.41 Å². The van der Waals surface area contributed by atoms with Crippen LogP contribution in [0.5, 0.6) is 0 Å². The van der Waals surface area contributed by atoms with Gasteiger partial charge in [-0.05, 0) is 150 Å². The van der Waals surface area contributed by atoms with Crippen LogP contribution in [0.1, 0.15) is 22.3 Å². The van der Waals surface area contributed by atoms with Gasteiger partial charge in [-0.3, -0.25) is 0 Å². The molecule has 0 amide bonds. The number of aromatic nitrogens is 1. The van der Waals surface area contributed by atoms with Gasteiger partial charge in [0.25, 0.3) is 0 Å². The van der Waals surface area contributed by atoms with E-state index in [0.29, 0.717) is 0 Å². The number of para-hydroxylation sites is 1. The first kappa shape index (κ1) is 44.5. The molecule has 360 valence electrons. The Morgan fingerprint density at radius 3 is 1.55 bits per heavy atom. The van der Waals surface area contributed by atoms with Crippen LogP contribution in [-0.4, -0.2) is 4.57 Å². The quantitative estimate of drug-likeness (QED) is 0.140. The summed E-state index contributed by atoms with van der Waals surface area (Å²) in [4.78, 5) is 2.44. The molecule has 0 bridgehead atoms. The Labute approximate surface area is 448 Å². The minimum absolute atomic E-state index is 0.530. The van der Waals surface area contributed by atoms with Crippen molar-refractivity contribution in [3.8, 4) is 50.2 Å². The van der Waals surface area contributed by atoms with Gasteiger partial charge in [-0.2, -0.15) is 0 Å². The van der Waals surface area contributed by atoms with Crippen molar-refractivity contribution < 1.29 is 0 Å². The van der Waals surface area contributed by atoms with Crippen LogP contribution in [-0.2, 0) is 5.41 Å². The highest BCUT2D eigenvalue weighted by Gasteiger charge is 2.46. The van der Waals surface area contributed by atoms with Gasteiger partial charge in [0, 0.05) is 33.2 Å². The zero-order valence-electron chi connectivity index (χ0n) is 42.3. The average molecular weight is 979 g/mol. The van der Waals surface area contributed by atoms with E-state index in [-0.39, 0.29) is 0 Å². The third-order valence-corrected chi connectivity index (χ3v) is 16.2. The number of benzene rings is 13. The predicted molar refractivity (Wildman–Crippen MR) is 324 cm³/mol. The number of hydrogen-bond acceptors (Lipinski definition) is 1. The van der Waals surface area contributed by atoms with Gasteiger partial charge in [0.05, 0.1) is 22.1 Å². The summed E-state index contributed by atoms with van der Waals surface area (Å²) < 4.78 is 2.43. The molecule has 1 aliphatic rings. The molecular formula is C75H50N2. The molecule has 1 heterocycles. The highest BCUT2D eigenvalue weighted by Crippen LogP contribution is 2.57. The summed E-state index contributed by atoms with van der Waals surface area (Å²) >= 11 is 0. The second-order valence-corrected chi connectivity index (χ2v) is 20.4. The summed E-state index contributed by atoms with van der Waals surface area (Å²) in [6, 6.07) is 112. The molecular weight excluding hydrogens is 929 g/mol. The van der Waals surface area contributed by atoms with Gasteiger partial charge >= 0.3 is 0 Å². The Balaban J connectivity index is 0.842. The SMILES string of the molecule is c1ccc(C2(c3ccccc3)c3ccccc3-c3ccc(N(c4ccc(-c5ccc6ccccc6c5)cc4)c4cccc(-c5ccc(-c6ccc7c(c6)c6ccccc6n7-c6cccc7ccccc67)cc5)c4)cc32)cc1. The Hall–Kier alpha value is -10.0. The largest absolute Gasteiger partial charge is 0.310 e. The maximum atomic E-state index is 2.46. The first-order valence-corrected chi connectivity index (χ1v) is 26.6. The van der Waals surface area contributed by atoms with Crippen molar-refractivity contribution in [3.05, 3.63) is 326 Å². The van der Waals surface area contributed by atoms with E-state index in [1.807, 2.05) is 0 Å². The van der Waals surface area contributed by atoms with Crippen LogP contribution in [0, 0.1) is 0 Å². The summed E-state index contributed by atoms with van der Waals surface area (Å²) in [6.07, 6.45) is 0. The summed E-state index contributed by atoms with van der Waals surface area (Å²) in [7, 11) is 0. The van der Waals surface area contributed by atoms with E-state index in [1.54, 1.807) is 0 Å². The van der Waals surface area contributed by atoms with Crippen LogP contribution in [0.4, 0.5) is 17.1 Å². The van der Waals surface area contributed by atoms with Crippen molar-refractivity contribution in [2.75, 3.05) is 4.90 Å². The fraction of sp³-hybridized carbons (Fsp3) is 0.0133. The van der Waals surface area contributed by atoms with Crippen LogP contribution in [0.3, 0.4) is 0 Å². The molecule has 0 saturated carbocycles. The fourth-order valence-corrected chi connectivity index (χ4v) is 12.7. The van der Waals surface area contributed by atoms with E-state index in [4.69, 9.17) is 0 Å². The monoisotopic (exact) mass is 978 g/mol. The number of anilines is 3. The van der Waals surface area contributed by atoms with Gasteiger partial charge in [0.1, 0.15) is 0 Å². The lowest BCUT2D eigenvalue weighted by Crippen LogP contribution is -2.28. The molecule has 0 atom stereocenters. The molecule has 1 aliphatic carbocycles. The van der Waals surface area contributed by atoms with Crippen LogP contribution in [0.15, 0.2) is 303 Å². The molecule has 0 radical (unpaired) electrons. The van der Waals surface area contributed by atoms with Crippen molar-refractivity contribution in [1.82, 2.24) is 4.57 Å². The third-order valence-electron chi connectivity index (χ3n) is 16.2. The minimum atomic E-state index is -0.530. The molecule has 2 heteroatoms. The molecule has 0 saturated heterocycles. The molecule has 0 unspecified atom stereocenters. The van der Waals surface area contributed by atoms with Gasteiger partial charge in [0.2, 0.25) is 0 Å². The van der Waals surface area contributed by atoms with Gasteiger partial charge in [0.15, 0.2) is 0 Å². The maximum Gasteiger partial charge on any atom is 0.0714 e. The maximum absolute atomic E-state index is 2.46. The van der Waals surface area contributed by atoms with Crippen LogP contribution in [0.2, 0.25) is 0 Å². The fourth-order valence-electron chi connectivity index (χ4n) is 12.7. The Morgan fingerprint density at radius 1 is 0.260 bits per heavy atom. The summed E-state index contributed by atoms with van der Waals surface area (Å²) in [5.74, 6) is 0. The summed E-state index contributed by atoms with van der Waals surface area (Å²) in [5, 5.41) is 7.45. The van der Waals surface area contributed by atoms with E-state index in [9.17, 15) is 0 Å². The van der Waals surface area contributed by atoms with E-state index >= 15 is 0 Å². The van der Waals surface area contributed by atoms with E-state index in [1.165, 1.54) is 105 Å². The zero-order chi connectivity index (χ0) is 50.9. The summed E-state index contributed by atoms with van der Waals surface area (Å²) in [5.41, 5.74) is 21.0. The van der Waals surface area contributed by atoms with E-state index in [0.717, 1.165) is 28.2 Å². The van der Waals surface area contributed by atoms with Crippen molar-refractivity contribution in [2.24, 2.45) is 0 Å². The smallest absolute Gasteiger partial charge is 0.0714 e. The molecule has 1 aromatic heterocycles. The second-order valence-electron chi connectivity index (χ2n) is 20.4. The van der Waals surface area contributed by atoms with Crippen LogP contribution < -0.4 is 4.90 Å². The number of fused-ring (bicyclic) bond motifs is 8. The van der Waals surface area contributed by atoms with Crippen molar-refractivity contribution in [2.45, 2.75) is 5.41 Å². The standard InChI is InChI=1S/C75H50N2/c1-3-22-60(23-4-1)75(61-24-5-2-6-25-61)70-30-13-11-28-66(70)67-45-44-64(50-71(67)75)76(62-42-39-54(40-43-62)58-38-37-51-17-7-8-19-56(51)47-58)63-26-15-21-57(48-63)52-33-35-53(36-34-52)59-41-46-74-69(49-59)68-29-12-14-31-73(68)77(74)72-32-16-20-55-18-9-10-27-65(55)72/h1-50H. The van der Waals surface area contributed by atoms with E-state index in [2.05, 4.69) is 313 Å². The number of nitrogens with zero attached hydrogens (tertiary/aromatic N) is 2. The van der Waals surface area contributed by atoms with Gasteiger partial charge < -0.3 is 9.47 Å². The number of rotatable bonds is 9. The van der Waals surface area contributed by atoms with Gasteiger partial charge in [-0.15, -0.1) is 0 Å². The van der Waals surface area contributed by atoms with Crippen LogP contribution >= 0.6 is 0 Å². The first-order chi connectivity index (χ1) is 38.2. The lowest BCUT2D eigenvalue weighted by molar-refractivity contribution is 0.768. The van der Waals surface area contributed by atoms with Crippen LogP contribution in [0.25, 0.3) is 93.5 Å². The average Bonchev–Trinajstić information content (AvgIpc) is 4.15. The van der Waals surface area contributed by atoms with Crippen molar-refractivity contribution in [1.29, 1.82) is 0 Å². The lowest BCUT2D eigenvalue weighted by atomic mass is 9.67. The third kappa shape index (κ3) is 7.25. The predicted octanol–water partition coefficient (Wildman–Crippen LogP) is 19.9. The van der Waals surface area contributed by atoms with Crippen molar-refractivity contribution >= 4 is 60.4 Å². The Morgan fingerprint density at radius 2 is 0.779 bits per heavy atom. The topological polar surface area (TPSA) is 8.17 Å². The molecule has 15 rings (SSSR count). The Kier molecular flexibility index (Phi) is 10.5. The van der Waals surface area contributed by atoms with Gasteiger partial charge in [-0.1, -0.05) is 237 Å². The molecule has 0 fully saturated rings. The molecule has 14 aromatic rings. The lowest BCUT2D eigenvalue weighted by Gasteiger charge is -2.35. The molecule has 2 nitrogen and oxygen atoms in total. The second kappa shape index (κ2) is 18.1. The first-order valence-electron chi connectivity index (χ1n) is 26.6. The molecule has 0 aliphatic heterocycles.